The van der Waals surface area contributed by atoms with Gasteiger partial charge < -0.3 is 5.32 Å². The number of amides is 1. The number of nitriles is 1. The number of carbonyl (C=O) groups is 1. The zero-order chi connectivity index (χ0) is 13.1. The second-order valence-electron chi connectivity index (χ2n) is 3.33. The molecule has 0 spiro atoms. The Morgan fingerprint density at radius 1 is 1.65 bits per heavy atom. The maximum atomic E-state index is 11.8. The first-order chi connectivity index (χ1) is 7.81. The molecule has 0 aromatic carbocycles. The van der Waals surface area contributed by atoms with Crippen LogP contribution < -0.4 is 5.32 Å². The molecule has 17 heavy (non-hydrogen) atoms. The summed E-state index contributed by atoms with van der Waals surface area (Å²) in [5.74, 6) is -0.811. The van der Waals surface area contributed by atoms with E-state index in [1.165, 1.54) is 6.20 Å². The lowest BCUT2D eigenvalue weighted by molar-refractivity contribution is -0.138. The van der Waals surface area contributed by atoms with E-state index in [4.69, 9.17) is 5.26 Å². The fourth-order valence-electron chi connectivity index (χ4n) is 1.11. The molecule has 0 bridgehead atoms. The molecular formula is C9H9F3N4O. The van der Waals surface area contributed by atoms with Crippen molar-refractivity contribution < 1.29 is 18.0 Å². The van der Waals surface area contributed by atoms with Gasteiger partial charge in [0.15, 0.2) is 0 Å². The Morgan fingerprint density at radius 3 is 2.76 bits per heavy atom. The number of carbonyl (C=O) groups excluding carboxylic acids is 1. The molecule has 0 saturated carbocycles. The fraction of sp³-hybridized carbons (Fsp3) is 0.444. The topological polar surface area (TPSA) is 70.7 Å². The van der Waals surface area contributed by atoms with Gasteiger partial charge in [0.1, 0.15) is 19.2 Å². The van der Waals surface area contributed by atoms with Gasteiger partial charge in [-0.05, 0) is 6.92 Å². The van der Waals surface area contributed by atoms with E-state index < -0.39 is 18.6 Å². The highest BCUT2D eigenvalue weighted by Gasteiger charge is 2.27. The van der Waals surface area contributed by atoms with Crippen molar-refractivity contribution in [3.05, 3.63) is 17.5 Å². The van der Waals surface area contributed by atoms with Crippen LogP contribution in [-0.4, -0.2) is 28.4 Å². The van der Waals surface area contributed by atoms with Crippen molar-refractivity contribution in [3.63, 3.8) is 0 Å². The molecule has 1 heterocycles. The molecule has 1 aromatic heterocycles. The van der Waals surface area contributed by atoms with Gasteiger partial charge in [0.2, 0.25) is 5.91 Å². The third-order valence-corrected chi connectivity index (χ3v) is 1.86. The molecule has 0 aliphatic rings. The van der Waals surface area contributed by atoms with Gasteiger partial charge in [0.05, 0.1) is 11.3 Å². The summed E-state index contributed by atoms with van der Waals surface area (Å²) in [6.07, 6.45) is -3.13. The van der Waals surface area contributed by atoms with Crippen molar-refractivity contribution in [2.45, 2.75) is 19.6 Å². The molecule has 0 unspecified atom stereocenters. The van der Waals surface area contributed by atoms with Gasteiger partial charge in [-0.25, -0.2) is 0 Å². The average molecular weight is 246 g/mol. The van der Waals surface area contributed by atoms with Gasteiger partial charge >= 0.3 is 6.18 Å². The zero-order valence-electron chi connectivity index (χ0n) is 8.88. The normalized spacial score (nSPS) is 11.0. The molecule has 0 fully saturated rings. The minimum Gasteiger partial charge on any atom is -0.345 e. The highest BCUT2D eigenvalue weighted by atomic mass is 19.4. The van der Waals surface area contributed by atoms with Crippen molar-refractivity contribution in [2.75, 3.05) is 6.54 Å². The summed E-state index contributed by atoms with van der Waals surface area (Å²) < 4.78 is 36.5. The first-order valence-electron chi connectivity index (χ1n) is 4.59. The molecule has 1 rings (SSSR count). The van der Waals surface area contributed by atoms with Crippen LogP contribution in [0.2, 0.25) is 0 Å². The van der Waals surface area contributed by atoms with Gasteiger partial charge in [0, 0.05) is 6.20 Å². The minimum atomic E-state index is -4.44. The molecule has 0 saturated heterocycles. The van der Waals surface area contributed by atoms with E-state index in [1.807, 2.05) is 6.07 Å². The number of alkyl halides is 3. The summed E-state index contributed by atoms with van der Waals surface area (Å²) >= 11 is 0. The number of rotatable bonds is 3. The van der Waals surface area contributed by atoms with Crippen molar-refractivity contribution >= 4 is 5.91 Å². The maximum Gasteiger partial charge on any atom is 0.405 e. The average Bonchev–Trinajstić information content (AvgIpc) is 2.55. The number of nitrogens with zero attached hydrogens (tertiary/aromatic N) is 3. The Morgan fingerprint density at radius 2 is 2.29 bits per heavy atom. The number of nitrogens with one attached hydrogen (secondary N) is 1. The van der Waals surface area contributed by atoms with Crippen LogP contribution in [0.4, 0.5) is 13.2 Å². The predicted molar refractivity (Wildman–Crippen MR) is 50.7 cm³/mol. The lowest BCUT2D eigenvalue weighted by atomic mass is 10.3. The maximum absolute atomic E-state index is 11.8. The van der Waals surface area contributed by atoms with Crippen LogP contribution in [0.5, 0.6) is 0 Å². The molecule has 0 aliphatic heterocycles. The summed E-state index contributed by atoms with van der Waals surface area (Å²) in [5.41, 5.74) is 0.713. The highest BCUT2D eigenvalue weighted by Crippen LogP contribution is 2.12. The second kappa shape index (κ2) is 4.86. The lowest BCUT2D eigenvalue weighted by Gasteiger charge is -2.07. The van der Waals surface area contributed by atoms with Crippen molar-refractivity contribution in [2.24, 2.45) is 0 Å². The Balaban J connectivity index is 2.54. The molecule has 1 aromatic rings. The molecule has 1 N–H and O–H groups in total. The van der Waals surface area contributed by atoms with E-state index >= 15 is 0 Å². The number of aromatic nitrogens is 2. The van der Waals surface area contributed by atoms with Crippen molar-refractivity contribution in [3.8, 4) is 6.07 Å². The molecule has 0 atom stereocenters. The summed E-state index contributed by atoms with van der Waals surface area (Å²) in [5, 5.41) is 14.2. The molecule has 1 amide bonds. The predicted octanol–water partition coefficient (Wildman–Crippen LogP) is 0.742. The monoisotopic (exact) mass is 246 g/mol. The molecule has 5 nitrogen and oxygen atoms in total. The first-order valence-corrected chi connectivity index (χ1v) is 4.59. The molecule has 0 radical (unpaired) electrons. The first kappa shape index (κ1) is 13.0. The number of aryl methyl sites for hydroxylation is 1. The minimum absolute atomic E-state index is 0.286. The molecule has 8 heteroatoms. The van der Waals surface area contributed by atoms with Crippen molar-refractivity contribution in [1.82, 2.24) is 15.1 Å². The standard InChI is InChI=1S/C9H9F3N4O/c1-6-7(2-13)3-16(15-6)4-8(17)14-5-9(10,11)12/h3H,4-5H2,1H3,(H,14,17). The largest absolute Gasteiger partial charge is 0.405 e. The van der Waals surface area contributed by atoms with Crippen LogP contribution in [0, 0.1) is 18.3 Å². The lowest BCUT2D eigenvalue weighted by Crippen LogP contribution is -2.35. The third kappa shape index (κ3) is 4.14. The second-order valence-corrected chi connectivity index (χ2v) is 3.33. The van der Waals surface area contributed by atoms with Gasteiger partial charge in [0.25, 0.3) is 0 Å². The number of hydrogen-bond acceptors (Lipinski definition) is 3. The van der Waals surface area contributed by atoms with Gasteiger partial charge in [-0.3, -0.25) is 9.48 Å². The zero-order valence-corrected chi connectivity index (χ0v) is 8.88. The van der Waals surface area contributed by atoms with E-state index in [0.717, 1.165) is 4.68 Å². The van der Waals surface area contributed by atoms with Crippen LogP contribution in [0.15, 0.2) is 6.20 Å². The summed E-state index contributed by atoms with van der Waals surface area (Å²) in [4.78, 5) is 11.1. The van der Waals surface area contributed by atoms with Gasteiger partial charge in [-0.15, -0.1) is 0 Å². The van der Waals surface area contributed by atoms with Gasteiger partial charge in [-0.1, -0.05) is 0 Å². The van der Waals surface area contributed by atoms with E-state index in [0.29, 0.717) is 5.69 Å². The van der Waals surface area contributed by atoms with Crippen molar-refractivity contribution in [1.29, 1.82) is 5.26 Å². The summed E-state index contributed by atoms with van der Waals surface area (Å²) in [6.45, 7) is -0.154. The number of halogens is 3. The molecular weight excluding hydrogens is 237 g/mol. The smallest absolute Gasteiger partial charge is 0.345 e. The molecule has 92 valence electrons. The number of hydrogen-bond donors (Lipinski definition) is 1. The van der Waals surface area contributed by atoms with Crippen LogP contribution in [-0.2, 0) is 11.3 Å². The Kier molecular flexibility index (Phi) is 3.73. The quantitative estimate of drug-likeness (QED) is 0.855. The van der Waals surface area contributed by atoms with Crippen LogP contribution >= 0.6 is 0 Å². The highest BCUT2D eigenvalue weighted by molar-refractivity contribution is 5.75. The van der Waals surface area contributed by atoms with Crippen LogP contribution in [0.3, 0.4) is 0 Å². The van der Waals surface area contributed by atoms with E-state index in [-0.39, 0.29) is 12.1 Å². The molecule has 0 aliphatic carbocycles. The summed E-state index contributed by atoms with van der Waals surface area (Å²) in [6, 6.07) is 1.85. The Labute approximate surface area is 94.8 Å². The Hall–Kier alpha value is -2.04. The Bertz CT molecular complexity index is 458. The van der Waals surface area contributed by atoms with Crippen LogP contribution in [0.1, 0.15) is 11.3 Å². The fourth-order valence-corrected chi connectivity index (χ4v) is 1.11. The van der Waals surface area contributed by atoms with Gasteiger partial charge in [-0.2, -0.15) is 23.5 Å². The van der Waals surface area contributed by atoms with E-state index in [2.05, 4.69) is 5.10 Å². The SMILES string of the molecule is Cc1nn(CC(=O)NCC(F)(F)F)cc1C#N. The third-order valence-electron chi connectivity index (χ3n) is 1.86. The summed E-state index contributed by atoms with van der Waals surface area (Å²) in [7, 11) is 0. The van der Waals surface area contributed by atoms with Crippen LogP contribution in [0.25, 0.3) is 0 Å². The van der Waals surface area contributed by atoms with E-state index in [1.54, 1.807) is 12.2 Å². The van der Waals surface area contributed by atoms with E-state index in [9.17, 15) is 18.0 Å².